The molecule has 0 aliphatic rings. The fourth-order valence-electron chi connectivity index (χ4n) is 3.65. The summed E-state index contributed by atoms with van der Waals surface area (Å²) in [5.74, 6) is -7.49. The molecule has 0 radical (unpaired) electrons. The summed E-state index contributed by atoms with van der Waals surface area (Å²) in [6, 6.07) is -2.67. The summed E-state index contributed by atoms with van der Waals surface area (Å²) >= 11 is 0. The zero-order chi connectivity index (χ0) is 35.0. The van der Waals surface area contributed by atoms with Crippen molar-refractivity contribution in [3.63, 3.8) is 0 Å². The van der Waals surface area contributed by atoms with Crippen LogP contribution >= 0.6 is 0 Å². The largest absolute Gasteiger partial charge is 3.00 e. The summed E-state index contributed by atoms with van der Waals surface area (Å²) in [5.41, 5.74) is 0. The SMILES string of the molecule is CCCCCNC(CCC(=O)[O-])C(=O)[O-].CCCCCNC(CCC(=O)[O-])C(=O)[O-].CCCCCNC(CCC(=O)[O-])C(=O)[O-].[Al+3].[Al+3]. The monoisotopic (exact) mass is 699 g/mol. The molecule has 0 aromatic rings. The second-order valence-corrected chi connectivity index (χ2v) is 10.3. The average Bonchev–Trinajstić information content (AvgIpc) is 2.95. The van der Waals surface area contributed by atoms with Gasteiger partial charge in [0.1, 0.15) is 0 Å². The first-order valence-corrected chi connectivity index (χ1v) is 15.6. The quantitative estimate of drug-likeness (QED) is 0.0533. The van der Waals surface area contributed by atoms with Crippen molar-refractivity contribution < 1.29 is 59.4 Å². The van der Waals surface area contributed by atoms with Crippen LogP contribution in [0.2, 0.25) is 0 Å². The predicted molar refractivity (Wildman–Crippen MR) is 163 cm³/mol. The summed E-state index contributed by atoms with van der Waals surface area (Å²) in [5, 5.41) is 70.5. The Labute approximate surface area is 299 Å². The molecule has 264 valence electrons. The first kappa shape index (κ1) is 54.2. The van der Waals surface area contributed by atoms with Crippen LogP contribution in [0.4, 0.5) is 0 Å². The van der Waals surface area contributed by atoms with Gasteiger partial charge in [0.05, 0.1) is 17.9 Å². The van der Waals surface area contributed by atoms with Crippen LogP contribution in [0, 0.1) is 0 Å². The van der Waals surface area contributed by atoms with Crippen molar-refractivity contribution in [2.24, 2.45) is 0 Å². The third-order valence-electron chi connectivity index (χ3n) is 6.28. The molecule has 0 fully saturated rings. The van der Waals surface area contributed by atoms with Crippen molar-refractivity contribution in [2.45, 2.75) is 135 Å². The molecule has 3 atom stereocenters. The predicted octanol–water partition coefficient (Wildman–Crippen LogP) is -5.52. The van der Waals surface area contributed by atoms with E-state index >= 15 is 0 Å². The Bertz CT molecular complexity index is 733. The third kappa shape index (κ3) is 41.7. The van der Waals surface area contributed by atoms with E-state index < -0.39 is 53.9 Å². The molecule has 0 bridgehead atoms. The van der Waals surface area contributed by atoms with Crippen LogP contribution in [0.1, 0.15) is 117 Å². The molecule has 0 spiro atoms. The van der Waals surface area contributed by atoms with E-state index in [0.29, 0.717) is 19.6 Å². The zero-order valence-electron chi connectivity index (χ0n) is 28.0. The van der Waals surface area contributed by atoms with E-state index in [1.165, 1.54) is 0 Å². The van der Waals surface area contributed by atoms with Crippen LogP contribution in [0.15, 0.2) is 0 Å². The molecule has 0 heterocycles. The number of nitrogens with one attached hydrogen (secondary N) is 3. The Morgan fingerprint density at radius 1 is 0.426 bits per heavy atom. The van der Waals surface area contributed by atoms with Crippen molar-refractivity contribution in [1.82, 2.24) is 16.0 Å². The second-order valence-electron chi connectivity index (χ2n) is 10.3. The summed E-state index contributed by atoms with van der Waals surface area (Å²) in [6.45, 7) is 7.85. The van der Waals surface area contributed by atoms with Gasteiger partial charge < -0.3 is 75.4 Å². The fraction of sp³-hybridized carbons (Fsp3) is 0.800. The van der Waals surface area contributed by atoms with Gasteiger partial charge in [0.25, 0.3) is 0 Å². The number of carboxylic acids is 6. The van der Waals surface area contributed by atoms with Gasteiger partial charge in [-0.3, -0.25) is 0 Å². The standard InChI is InChI=1S/3C10H19NO4.2Al/c3*1-2-3-4-7-11-8(10(14)15)5-6-9(12)13;;/h3*8,11H,2-7H2,1H3,(H,12,13)(H,14,15);;/q;;;2*+3/p-6. The molecule has 0 saturated heterocycles. The van der Waals surface area contributed by atoms with Crippen LogP contribution < -0.4 is 46.6 Å². The Morgan fingerprint density at radius 2 is 0.638 bits per heavy atom. The van der Waals surface area contributed by atoms with Gasteiger partial charge in [-0.1, -0.05) is 59.3 Å². The molecule has 0 aliphatic heterocycles. The van der Waals surface area contributed by atoms with E-state index in [1.807, 2.05) is 20.8 Å². The number of carbonyl (C=O) groups excluding carboxylic acids is 6. The number of hydrogen-bond donors (Lipinski definition) is 3. The maximum Gasteiger partial charge on any atom is 3.00 e. The van der Waals surface area contributed by atoms with E-state index in [0.717, 1.165) is 57.8 Å². The summed E-state index contributed by atoms with van der Waals surface area (Å²) in [6.07, 6.45) is 8.10. The number of rotatable bonds is 27. The van der Waals surface area contributed by atoms with Crippen LogP contribution in [-0.2, 0) is 28.8 Å². The summed E-state index contributed by atoms with van der Waals surface area (Å²) in [7, 11) is 0. The van der Waals surface area contributed by atoms with Gasteiger partial charge in [0.15, 0.2) is 0 Å². The molecular formula is C30H51Al2N3O12. The van der Waals surface area contributed by atoms with Crippen LogP contribution in [0.25, 0.3) is 0 Å². The third-order valence-corrected chi connectivity index (χ3v) is 6.28. The Kier molecular flexibility index (Phi) is 44.1. The average molecular weight is 700 g/mol. The van der Waals surface area contributed by atoms with Crippen LogP contribution in [0.3, 0.4) is 0 Å². The topological polar surface area (TPSA) is 277 Å². The number of hydrogen-bond acceptors (Lipinski definition) is 15. The van der Waals surface area contributed by atoms with E-state index in [-0.39, 0.29) is 73.2 Å². The number of unbranched alkanes of at least 4 members (excludes halogenated alkanes) is 6. The molecule has 15 nitrogen and oxygen atoms in total. The molecule has 3 N–H and O–H groups in total. The zero-order valence-corrected chi connectivity index (χ0v) is 30.3. The molecule has 0 rings (SSSR count). The van der Waals surface area contributed by atoms with E-state index in [2.05, 4.69) is 16.0 Å². The molecule has 17 heteroatoms. The molecule has 0 aromatic carbocycles. The normalized spacial score (nSPS) is 11.8. The molecule has 0 saturated carbocycles. The molecule has 0 aliphatic carbocycles. The number of aliphatic carboxylic acids is 6. The molecule has 0 amide bonds. The van der Waals surface area contributed by atoms with Gasteiger partial charge in [-0.25, -0.2) is 0 Å². The minimum Gasteiger partial charge on any atom is -0.550 e. The maximum absolute atomic E-state index is 10.6. The van der Waals surface area contributed by atoms with Crippen LogP contribution in [0.5, 0.6) is 0 Å². The van der Waals surface area contributed by atoms with Gasteiger partial charge in [0, 0.05) is 36.0 Å². The van der Waals surface area contributed by atoms with Gasteiger partial charge in [0.2, 0.25) is 0 Å². The minimum absolute atomic E-state index is 0. The van der Waals surface area contributed by atoms with E-state index in [9.17, 15) is 59.4 Å². The maximum atomic E-state index is 10.6. The number of carbonyl (C=O) groups is 6. The van der Waals surface area contributed by atoms with Gasteiger partial charge >= 0.3 is 34.7 Å². The van der Waals surface area contributed by atoms with E-state index in [4.69, 9.17) is 0 Å². The van der Waals surface area contributed by atoms with Crippen molar-refractivity contribution >= 4 is 70.5 Å². The fourth-order valence-corrected chi connectivity index (χ4v) is 3.65. The van der Waals surface area contributed by atoms with Crippen molar-refractivity contribution in [3.05, 3.63) is 0 Å². The van der Waals surface area contributed by atoms with Crippen molar-refractivity contribution in [2.75, 3.05) is 19.6 Å². The smallest absolute Gasteiger partial charge is 0.550 e. The molecule has 0 aromatic heterocycles. The van der Waals surface area contributed by atoms with Gasteiger partial charge in [-0.05, 0) is 77.4 Å². The van der Waals surface area contributed by atoms with Crippen molar-refractivity contribution in [1.29, 1.82) is 0 Å². The van der Waals surface area contributed by atoms with Gasteiger partial charge in [-0.15, -0.1) is 0 Å². The molecule has 3 unspecified atom stereocenters. The molecule has 47 heavy (non-hydrogen) atoms. The Hall–Kier alpha value is -2.24. The Morgan fingerprint density at radius 3 is 0.787 bits per heavy atom. The van der Waals surface area contributed by atoms with E-state index in [1.54, 1.807) is 0 Å². The first-order valence-electron chi connectivity index (χ1n) is 15.6. The first-order chi connectivity index (χ1) is 21.2. The van der Waals surface area contributed by atoms with Gasteiger partial charge in [-0.2, -0.15) is 0 Å². The summed E-state index contributed by atoms with van der Waals surface area (Å²) in [4.78, 5) is 62.2. The number of carboxylic acid groups (broad SMARTS) is 6. The van der Waals surface area contributed by atoms with Crippen molar-refractivity contribution in [3.8, 4) is 0 Å². The Balaban J connectivity index is -0.000000184. The van der Waals surface area contributed by atoms with Crippen LogP contribution in [-0.4, -0.2) is 108 Å². The second kappa shape index (κ2) is 38.2. The molecular weight excluding hydrogens is 648 g/mol. The minimum atomic E-state index is -1.26. The summed E-state index contributed by atoms with van der Waals surface area (Å²) < 4.78 is 0.